The molecule has 30 heavy (non-hydrogen) atoms. The lowest BCUT2D eigenvalue weighted by molar-refractivity contribution is 0.142. The normalized spacial score (nSPS) is 14.4. The van der Waals surface area contributed by atoms with Crippen molar-refractivity contribution in [3.8, 4) is 22.5 Å². The predicted molar refractivity (Wildman–Crippen MR) is 111 cm³/mol. The highest BCUT2D eigenvalue weighted by molar-refractivity contribution is 7.20. The number of rotatable bonds is 3. The van der Waals surface area contributed by atoms with E-state index in [1.165, 1.54) is 28.4 Å². The van der Waals surface area contributed by atoms with Crippen molar-refractivity contribution in [2.45, 2.75) is 0 Å². The summed E-state index contributed by atoms with van der Waals surface area (Å²) in [5, 5.41) is 14.7. The van der Waals surface area contributed by atoms with E-state index in [1.54, 1.807) is 29.0 Å². The van der Waals surface area contributed by atoms with Crippen molar-refractivity contribution in [3.63, 3.8) is 0 Å². The number of aromatic nitrogens is 4. The molecule has 1 N–H and O–H groups in total. The second-order valence-electron chi connectivity index (χ2n) is 6.89. The Bertz CT molecular complexity index is 1200. The van der Waals surface area contributed by atoms with E-state index in [0.29, 0.717) is 26.2 Å². The van der Waals surface area contributed by atoms with Gasteiger partial charge >= 0.3 is 6.09 Å². The summed E-state index contributed by atoms with van der Waals surface area (Å²) >= 11 is 1.45. The Morgan fingerprint density at radius 1 is 1.00 bits per heavy atom. The first kappa shape index (κ1) is 18.5. The van der Waals surface area contributed by atoms with E-state index in [9.17, 15) is 9.18 Å². The van der Waals surface area contributed by atoms with E-state index in [0.717, 1.165) is 32.6 Å². The van der Waals surface area contributed by atoms with Gasteiger partial charge in [0.25, 0.3) is 0 Å². The molecule has 0 radical (unpaired) electrons. The number of carbonyl (C=O) groups is 1. The lowest BCUT2D eigenvalue weighted by Crippen LogP contribution is -2.48. The van der Waals surface area contributed by atoms with Crippen LogP contribution in [-0.2, 0) is 0 Å². The summed E-state index contributed by atoms with van der Waals surface area (Å²) in [6.45, 7) is 2.02. The molecule has 3 aromatic heterocycles. The van der Waals surface area contributed by atoms with Crippen molar-refractivity contribution in [1.82, 2.24) is 24.5 Å². The number of imidazole rings is 1. The van der Waals surface area contributed by atoms with Gasteiger partial charge < -0.3 is 14.9 Å². The third kappa shape index (κ3) is 3.24. The van der Waals surface area contributed by atoms with Crippen LogP contribution in [0.15, 0.2) is 48.8 Å². The maximum atomic E-state index is 13.5. The van der Waals surface area contributed by atoms with E-state index in [1.807, 2.05) is 12.1 Å². The molecule has 1 saturated heterocycles. The molecule has 0 atom stereocenters. The van der Waals surface area contributed by atoms with E-state index in [2.05, 4.69) is 9.88 Å². The molecule has 1 aromatic carbocycles. The first-order chi connectivity index (χ1) is 14.6. The summed E-state index contributed by atoms with van der Waals surface area (Å²) in [5.74, 6) is -0.305. The fourth-order valence-corrected chi connectivity index (χ4v) is 4.49. The predicted octanol–water partition coefficient (Wildman–Crippen LogP) is 3.46. The Morgan fingerprint density at radius 2 is 1.70 bits per heavy atom. The van der Waals surface area contributed by atoms with Crippen molar-refractivity contribution in [1.29, 1.82) is 0 Å². The van der Waals surface area contributed by atoms with Crippen LogP contribution >= 0.6 is 11.3 Å². The molecule has 0 aliphatic carbocycles. The molecule has 1 aliphatic rings. The number of hydrogen-bond acceptors (Lipinski definition) is 6. The average Bonchev–Trinajstić information content (AvgIpc) is 3.33. The zero-order valence-corrected chi connectivity index (χ0v) is 16.6. The molecule has 0 spiro atoms. The van der Waals surface area contributed by atoms with E-state index < -0.39 is 6.09 Å². The van der Waals surface area contributed by atoms with Crippen LogP contribution in [0.2, 0.25) is 0 Å². The molecule has 10 heteroatoms. The minimum atomic E-state index is -0.899. The Morgan fingerprint density at radius 3 is 2.37 bits per heavy atom. The van der Waals surface area contributed by atoms with Gasteiger partial charge in [-0.1, -0.05) is 11.3 Å². The summed E-state index contributed by atoms with van der Waals surface area (Å²) in [7, 11) is 0. The number of halogens is 1. The van der Waals surface area contributed by atoms with Crippen LogP contribution in [0.25, 0.3) is 27.5 Å². The van der Waals surface area contributed by atoms with Crippen LogP contribution in [0.4, 0.5) is 14.3 Å². The topological polar surface area (TPSA) is 86.9 Å². The number of fused-ring (bicyclic) bond motifs is 1. The molecule has 4 heterocycles. The van der Waals surface area contributed by atoms with Gasteiger partial charge in [0.1, 0.15) is 17.2 Å². The highest BCUT2D eigenvalue weighted by Gasteiger charge is 2.25. The highest BCUT2D eigenvalue weighted by Crippen LogP contribution is 2.36. The third-order valence-corrected chi connectivity index (χ3v) is 6.05. The van der Waals surface area contributed by atoms with Crippen LogP contribution < -0.4 is 4.90 Å². The molecule has 5 rings (SSSR count). The van der Waals surface area contributed by atoms with Crippen molar-refractivity contribution in [3.05, 3.63) is 54.6 Å². The number of benzene rings is 1. The number of nitrogens with zero attached hydrogens (tertiary/aromatic N) is 6. The molecular weight excluding hydrogens is 407 g/mol. The molecule has 0 saturated carbocycles. The Hall–Kier alpha value is -3.53. The van der Waals surface area contributed by atoms with Gasteiger partial charge in [0.2, 0.25) is 10.1 Å². The van der Waals surface area contributed by atoms with Crippen LogP contribution in [0.3, 0.4) is 0 Å². The number of piperazine rings is 1. The molecule has 152 valence electrons. The summed E-state index contributed by atoms with van der Waals surface area (Å²) in [5.41, 5.74) is 3.25. The maximum Gasteiger partial charge on any atom is 0.407 e. The highest BCUT2D eigenvalue weighted by atomic mass is 32.1. The third-order valence-electron chi connectivity index (χ3n) is 5.08. The molecule has 1 fully saturated rings. The summed E-state index contributed by atoms with van der Waals surface area (Å²) in [4.78, 5) is 24.2. The second-order valence-corrected chi connectivity index (χ2v) is 7.82. The largest absolute Gasteiger partial charge is 0.465 e. The molecule has 4 aromatic rings. The van der Waals surface area contributed by atoms with E-state index >= 15 is 0 Å². The number of pyridine rings is 1. The average molecular weight is 424 g/mol. The van der Waals surface area contributed by atoms with Crippen molar-refractivity contribution >= 4 is 27.5 Å². The zero-order valence-electron chi connectivity index (χ0n) is 15.8. The second kappa shape index (κ2) is 7.38. The fraction of sp³-hybridized carbons (Fsp3) is 0.200. The first-order valence-corrected chi connectivity index (χ1v) is 10.2. The van der Waals surface area contributed by atoms with Gasteiger partial charge in [0, 0.05) is 49.7 Å². The zero-order chi connectivity index (χ0) is 20.7. The SMILES string of the molecule is O=C(O)N1CCN(c2nn3c(-c4ccc(F)cc4)c(-c4ccncc4)nc3s2)CC1. The maximum absolute atomic E-state index is 13.5. The van der Waals surface area contributed by atoms with E-state index in [-0.39, 0.29) is 5.82 Å². The monoisotopic (exact) mass is 424 g/mol. The lowest BCUT2D eigenvalue weighted by Gasteiger charge is -2.32. The quantitative estimate of drug-likeness (QED) is 0.542. The van der Waals surface area contributed by atoms with Gasteiger partial charge in [-0.25, -0.2) is 18.7 Å². The molecular formula is C20H17FN6O2S. The smallest absolute Gasteiger partial charge is 0.407 e. The molecule has 0 unspecified atom stereocenters. The summed E-state index contributed by atoms with van der Waals surface area (Å²) in [6, 6.07) is 10.0. The Kier molecular flexibility index (Phi) is 4.55. The van der Waals surface area contributed by atoms with Crippen molar-refractivity contribution < 1.29 is 14.3 Å². The number of carboxylic acid groups (broad SMARTS) is 1. The molecule has 1 aliphatic heterocycles. The lowest BCUT2D eigenvalue weighted by atomic mass is 10.1. The summed E-state index contributed by atoms with van der Waals surface area (Å²) < 4.78 is 15.3. The summed E-state index contributed by atoms with van der Waals surface area (Å²) in [6.07, 6.45) is 2.51. The van der Waals surface area contributed by atoms with Crippen molar-refractivity contribution in [2.75, 3.05) is 31.1 Å². The van der Waals surface area contributed by atoms with Crippen LogP contribution in [0.1, 0.15) is 0 Å². The van der Waals surface area contributed by atoms with Gasteiger partial charge in [-0.2, -0.15) is 0 Å². The fourth-order valence-electron chi connectivity index (χ4n) is 3.53. The number of amides is 1. The van der Waals surface area contributed by atoms with Crippen LogP contribution in [-0.4, -0.2) is 61.9 Å². The van der Waals surface area contributed by atoms with E-state index in [4.69, 9.17) is 15.2 Å². The van der Waals surface area contributed by atoms with Gasteiger partial charge in [0.15, 0.2) is 0 Å². The first-order valence-electron chi connectivity index (χ1n) is 9.39. The van der Waals surface area contributed by atoms with Gasteiger partial charge in [-0.15, -0.1) is 5.10 Å². The Labute approximate surface area is 174 Å². The van der Waals surface area contributed by atoms with Crippen LogP contribution in [0, 0.1) is 5.82 Å². The number of anilines is 1. The molecule has 0 bridgehead atoms. The van der Waals surface area contributed by atoms with Crippen LogP contribution in [0.5, 0.6) is 0 Å². The minimum Gasteiger partial charge on any atom is -0.465 e. The van der Waals surface area contributed by atoms with Crippen molar-refractivity contribution in [2.24, 2.45) is 0 Å². The minimum absolute atomic E-state index is 0.305. The van der Waals surface area contributed by atoms with Gasteiger partial charge in [-0.3, -0.25) is 4.98 Å². The molecule has 8 nitrogen and oxygen atoms in total. The molecule has 1 amide bonds. The Balaban J connectivity index is 1.57. The standard InChI is InChI=1S/C20H17FN6O2S/c21-15-3-1-14(2-4-15)17-16(13-5-7-22-8-6-13)23-18-27(17)24-19(30-18)25-9-11-26(12-10-25)20(28)29/h1-8H,9-12H2,(H,28,29). The van der Waals surface area contributed by atoms with Gasteiger partial charge in [-0.05, 0) is 36.4 Å². The number of hydrogen-bond donors (Lipinski definition) is 1. The van der Waals surface area contributed by atoms with Gasteiger partial charge in [0.05, 0.1) is 0 Å².